The second kappa shape index (κ2) is 6.17. The highest BCUT2D eigenvalue weighted by molar-refractivity contribution is 9.10. The van der Waals surface area contributed by atoms with Gasteiger partial charge in [0.25, 0.3) is 0 Å². The third-order valence-electron chi connectivity index (χ3n) is 2.66. The molecule has 1 atom stereocenters. The maximum absolute atomic E-state index is 11.8. The molecule has 1 heterocycles. The zero-order valence-electron chi connectivity index (χ0n) is 9.78. The molecule has 1 aromatic carbocycles. The molecule has 1 aliphatic heterocycles. The average Bonchev–Trinajstić information content (AvgIpc) is 2.35. The number of nitrogens with one attached hydrogen (secondary N) is 2. The summed E-state index contributed by atoms with van der Waals surface area (Å²) in [5.74, 6) is -0.0918. The molecule has 1 fully saturated rings. The van der Waals surface area contributed by atoms with Crippen LogP contribution < -0.4 is 10.6 Å². The number of hydrogen-bond donors (Lipinski definition) is 3. The number of ether oxygens (including phenoxy) is 1. The van der Waals surface area contributed by atoms with Gasteiger partial charge in [0.05, 0.1) is 18.9 Å². The fourth-order valence-electron chi connectivity index (χ4n) is 1.78. The summed E-state index contributed by atoms with van der Waals surface area (Å²) in [4.78, 5) is 11.8. The van der Waals surface area contributed by atoms with Gasteiger partial charge in [-0.1, -0.05) is 15.9 Å². The van der Waals surface area contributed by atoms with Gasteiger partial charge in [-0.15, -0.1) is 0 Å². The molecule has 1 aliphatic rings. The van der Waals surface area contributed by atoms with E-state index in [1.165, 1.54) is 6.07 Å². The molecule has 3 N–H and O–H groups in total. The number of morpholine rings is 1. The number of hydrogen-bond acceptors (Lipinski definition) is 4. The Morgan fingerprint density at radius 3 is 3.17 bits per heavy atom. The summed E-state index contributed by atoms with van der Waals surface area (Å²) in [6.45, 7) is 1.99. The Hall–Kier alpha value is -1.11. The van der Waals surface area contributed by atoms with Crippen molar-refractivity contribution >= 4 is 27.5 Å². The van der Waals surface area contributed by atoms with Crippen LogP contribution in [-0.4, -0.2) is 36.8 Å². The van der Waals surface area contributed by atoms with Crippen LogP contribution in [0, 0.1) is 0 Å². The molecule has 0 aliphatic carbocycles. The highest BCUT2D eigenvalue weighted by Gasteiger charge is 2.17. The van der Waals surface area contributed by atoms with Crippen molar-refractivity contribution in [2.45, 2.75) is 12.5 Å². The van der Waals surface area contributed by atoms with E-state index in [1.54, 1.807) is 12.1 Å². The number of anilines is 1. The predicted octanol–water partition coefficient (Wildman–Crippen LogP) is 1.47. The topological polar surface area (TPSA) is 70.6 Å². The third kappa shape index (κ3) is 3.69. The lowest BCUT2D eigenvalue weighted by molar-refractivity contribution is -0.117. The number of carbonyl (C=O) groups excluding carboxylic acids is 1. The lowest BCUT2D eigenvalue weighted by atomic mass is 10.2. The summed E-state index contributed by atoms with van der Waals surface area (Å²) in [6, 6.07) is 4.94. The summed E-state index contributed by atoms with van der Waals surface area (Å²) >= 11 is 3.29. The number of phenols is 1. The maximum Gasteiger partial charge on any atom is 0.226 e. The molecule has 0 bridgehead atoms. The number of amides is 1. The Bertz CT molecular complexity index is 433. The van der Waals surface area contributed by atoms with Gasteiger partial charge in [-0.2, -0.15) is 0 Å². The number of phenolic OH excluding ortho intramolecular Hbond substituents is 1. The van der Waals surface area contributed by atoms with E-state index >= 15 is 0 Å². The van der Waals surface area contributed by atoms with Crippen molar-refractivity contribution in [1.82, 2.24) is 5.32 Å². The minimum Gasteiger partial charge on any atom is -0.506 e. The van der Waals surface area contributed by atoms with Crippen LogP contribution in [-0.2, 0) is 9.53 Å². The molecule has 1 unspecified atom stereocenters. The molecule has 6 heteroatoms. The van der Waals surface area contributed by atoms with Gasteiger partial charge >= 0.3 is 0 Å². The van der Waals surface area contributed by atoms with Crippen LogP contribution in [0.25, 0.3) is 0 Å². The van der Waals surface area contributed by atoms with Crippen molar-refractivity contribution < 1.29 is 14.6 Å². The Balaban J connectivity index is 1.92. The van der Waals surface area contributed by atoms with Crippen LogP contribution in [0.3, 0.4) is 0 Å². The number of benzene rings is 1. The highest BCUT2D eigenvalue weighted by Crippen LogP contribution is 2.26. The Labute approximate surface area is 114 Å². The van der Waals surface area contributed by atoms with Gasteiger partial charge in [-0.25, -0.2) is 0 Å². The highest BCUT2D eigenvalue weighted by atomic mass is 79.9. The Morgan fingerprint density at radius 1 is 1.61 bits per heavy atom. The first-order valence-corrected chi connectivity index (χ1v) is 6.54. The molecule has 5 nitrogen and oxygen atoms in total. The van der Waals surface area contributed by atoms with Crippen LogP contribution in [0.4, 0.5) is 5.69 Å². The summed E-state index contributed by atoms with van der Waals surface area (Å²) < 4.78 is 6.08. The minimum absolute atomic E-state index is 0.0352. The standard InChI is InChI=1S/C12H15BrN2O3/c13-8-1-2-11(16)10(5-8)15-12(17)6-9-7-18-4-3-14-9/h1-2,5,9,14,16H,3-4,6-7H2,(H,15,17). The molecule has 0 radical (unpaired) electrons. The Morgan fingerprint density at radius 2 is 2.44 bits per heavy atom. The molecule has 18 heavy (non-hydrogen) atoms. The summed E-state index contributed by atoms with van der Waals surface area (Å²) in [6.07, 6.45) is 0.325. The SMILES string of the molecule is O=C(CC1COCCN1)Nc1cc(Br)ccc1O. The summed E-state index contributed by atoms with van der Waals surface area (Å²) in [5, 5.41) is 15.5. The zero-order valence-corrected chi connectivity index (χ0v) is 11.4. The average molecular weight is 315 g/mol. The van der Waals surface area contributed by atoms with Gasteiger partial charge in [0, 0.05) is 23.5 Å². The predicted molar refractivity (Wildman–Crippen MR) is 71.7 cm³/mol. The first-order valence-electron chi connectivity index (χ1n) is 5.74. The first kappa shape index (κ1) is 13.3. The van der Waals surface area contributed by atoms with Gasteiger partial charge in [0.2, 0.25) is 5.91 Å². The van der Waals surface area contributed by atoms with Crippen molar-refractivity contribution in [3.8, 4) is 5.75 Å². The van der Waals surface area contributed by atoms with Crippen LogP contribution in [0.1, 0.15) is 6.42 Å². The number of carbonyl (C=O) groups is 1. The second-order valence-electron chi connectivity index (χ2n) is 4.14. The number of rotatable bonds is 3. The van der Waals surface area contributed by atoms with Crippen molar-refractivity contribution in [2.75, 3.05) is 25.1 Å². The van der Waals surface area contributed by atoms with Crippen LogP contribution in [0.2, 0.25) is 0 Å². The largest absolute Gasteiger partial charge is 0.506 e. The summed E-state index contributed by atoms with van der Waals surface area (Å²) in [7, 11) is 0. The lowest BCUT2D eigenvalue weighted by Crippen LogP contribution is -2.43. The van der Waals surface area contributed by atoms with E-state index in [0.29, 0.717) is 25.3 Å². The molecule has 1 amide bonds. The molecule has 0 spiro atoms. The van der Waals surface area contributed by atoms with E-state index in [4.69, 9.17) is 4.74 Å². The molecule has 1 saturated heterocycles. The van der Waals surface area contributed by atoms with E-state index < -0.39 is 0 Å². The number of aromatic hydroxyl groups is 1. The first-order chi connectivity index (χ1) is 8.65. The maximum atomic E-state index is 11.8. The van der Waals surface area contributed by atoms with Gasteiger partial charge in [0.1, 0.15) is 5.75 Å². The van der Waals surface area contributed by atoms with Crippen molar-refractivity contribution in [3.63, 3.8) is 0 Å². The molecule has 98 valence electrons. The van der Waals surface area contributed by atoms with E-state index in [-0.39, 0.29) is 17.7 Å². The van der Waals surface area contributed by atoms with E-state index in [2.05, 4.69) is 26.6 Å². The molecule has 0 aromatic heterocycles. The van der Waals surface area contributed by atoms with Crippen molar-refractivity contribution in [2.24, 2.45) is 0 Å². The summed E-state index contributed by atoms with van der Waals surface area (Å²) in [5.41, 5.74) is 0.408. The quantitative estimate of drug-likeness (QED) is 0.739. The van der Waals surface area contributed by atoms with Gasteiger partial charge in [-0.05, 0) is 18.2 Å². The lowest BCUT2D eigenvalue weighted by Gasteiger charge is -2.23. The smallest absolute Gasteiger partial charge is 0.226 e. The molecule has 2 rings (SSSR count). The van der Waals surface area contributed by atoms with E-state index in [0.717, 1.165) is 11.0 Å². The van der Waals surface area contributed by atoms with Crippen LogP contribution in [0.5, 0.6) is 5.75 Å². The van der Waals surface area contributed by atoms with Crippen molar-refractivity contribution in [3.05, 3.63) is 22.7 Å². The second-order valence-corrected chi connectivity index (χ2v) is 5.06. The van der Waals surface area contributed by atoms with Crippen LogP contribution >= 0.6 is 15.9 Å². The normalized spacial score (nSPS) is 19.5. The van der Waals surface area contributed by atoms with E-state index in [1.807, 2.05) is 0 Å². The number of halogens is 1. The molecule has 1 aromatic rings. The van der Waals surface area contributed by atoms with Gasteiger partial charge in [0.15, 0.2) is 0 Å². The minimum atomic E-state index is -0.147. The Kier molecular flexibility index (Phi) is 4.57. The molecular formula is C12H15BrN2O3. The zero-order chi connectivity index (χ0) is 13.0. The third-order valence-corrected chi connectivity index (χ3v) is 3.16. The monoisotopic (exact) mass is 314 g/mol. The molecule has 0 saturated carbocycles. The fraction of sp³-hybridized carbons (Fsp3) is 0.417. The fourth-order valence-corrected chi connectivity index (χ4v) is 2.15. The van der Waals surface area contributed by atoms with E-state index in [9.17, 15) is 9.90 Å². The van der Waals surface area contributed by atoms with Gasteiger partial charge in [-0.3, -0.25) is 4.79 Å². The van der Waals surface area contributed by atoms with Crippen molar-refractivity contribution in [1.29, 1.82) is 0 Å². The molecular weight excluding hydrogens is 300 g/mol. The van der Waals surface area contributed by atoms with Crippen LogP contribution in [0.15, 0.2) is 22.7 Å². The van der Waals surface area contributed by atoms with Gasteiger partial charge < -0.3 is 20.5 Å².